The van der Waals surface area contributed by atoms with Crippen LogP contribution in [0, 0.1) is 18.6 Å². The molecule has 0 saturated carbocycles. The van der Waals surface area contributed by atoms with E-state index in [1.807, 2.05) is 6.92 Å². The summed E-state index contributed by atoms with van der Waals surface area (Å²) in [7, 11) is -7.60. The van der Waals surface area contributed by atoms with Crippen LogP contribution in [0.15, 0.2) is 53.6 Å². The van der Waals surface area contributed by atoms with E-state index < -0.39 is 43.7 Å². The number of nitrogens with zero attached hydrogens (tertiary/aromatic N) is 3. The van der Waals surface area contributed by atoms with Crippen molar-refractivity contribution in [3.05, 3.63) is 82.7 Å². The van der Waals surface area contributed by atoms with Crippen LogP contribution >= 0.6 is 0 Å². The quantitative estimate of drug-likeness (QED) is 0.450. The summed E-state index contributed by atoms with van der Waals surface area (Å²) in [5.41, 5.74) is 8.70. The molecule has 198 valence electrons. The molecule has 1 unspecified atom stereocenters. The number of fused-ring (bicyclic) bond motifs is 1. The van der Waals surface area contributed by atoms with Gasteiger partial charge in [0.25, 0.3) is 10.0 Å². The van der Waals surface area contributed by atoms with E-state index in [1.165, 1.54) is 18.3 Å². The zero-order chi connectivity index (χ0) is 26.5. The Morgan fingerprint density at radius 2 is 1.86 bits per heavy atom. The lowest BCUT2D eigenvalue weighted by Gasteiger charge is -2.38. The molecular weight excluding hydrogens is 524 g/mol. The predicted octanol–water partition coefficient (Wildman–Crippen LogP) is 2.02. The summed E-state index contributed by atoms with van der Waals surface area (Å²) in [6.07, 6.45) is 1.27. The molecule has 5 rings (SSSR count). The molecule has 37 heavy (non-hydrogen) atoms. The van der Waals surface area contributed by atoms with Gasteiger partial charge in [0.2, 0.25) is 0 Å². The van der Waals surface area contributed by atoms with Crippen molar-refractivity contribution >= 4 is 25.8 Å². The van der Waals surface area contributed by atoms with Crippen LogP contribution in [0.3, 0.4) is 0 Å². The van der Waals surface area contributed by atoms with Gasteiger partial charge in [-0.1, -0.05) is 17.7 Å². The normalized spacial score (nSPS) is 24.1. The highest BCUT2D eigenvalue weighted by molar-refractivity contribution is 8.08. The highest BCUT2D eigenvalue weighted by atomic mass is 32.3. The Kier molecular flexibility index (Phi) is 6.71. The van der Waals surface area contributed by atoms with Crippen molar-refractivity contribution in [2.24, 2.45) is 5.73 Å². The van der Waals surface area contributed by atoms with Crippen molar-refractivity contribution < 1.29 is 26.1 Å². The van der Waals surface area contributed by atoms with Crippen LogP contribution in [0.4, 0.5) is 8.78 Å². The maximum Gasteiger partial charge on any atom is 0.252 e. The Bertz CT molecular complexity index is 1520. The number of aryl methyl sites for hydroxylation is 1. The standard InChI is InChI=1S/C24H27F2N5O4S2/c1-15-3-6-19(7-4-15)37(33,34)29-36(2,32)31-12-16-11-30(13-23(16)28-31)18-10-22(27)24(35-14-18)20-9-17(25)5-8-21(20)26/h3-9,12,18,22,24H,2,10-11,13-14,27H2,1H3,(H,29,32)/t18-,22+,24-,36?/m1/s1. The summed E-state index contributed by atoms with van der Waals surface area (Å²) in [5, 5.41) is 4.35. The number of hydrogen-bond donors (Lipinski definition) is 2. The van der Waals surface area contributed by atoms with Crippen molar-refractivity contribution in [2.45, 2.75) is 49.5 Å². The van der Waals surface area contributed by atoms with Gasteiger partial charge in [0.05, 0.1) is 17.2 Å². The largest absolute Gasteiger partial charge is 0.370 e. The van der Waals surface area contributed by atoms with E-state index in [0.717, 1.165) is 33.4 Å². The predicted molar refractivity (Wildman–Crippen MR) is 135 cm³/mol. The molecule has 3 N–H and O–H groups in total. The molecule has 1 fully saturated rings. The smallest absolute Gasteiger partial charge is 0.252 e. The van der Waals surface area contributed by atoms with Gasteiger partial charge >= 0.3 is 0 Å². The molecule has 3 heterocycles. The molecule has 1 aromatic heterocycles. The van der Waals surface area contributed by atoms with Gasteiger partial charge < -0.3 is 10.5 Å². The number of sulfonamides is 1. The maximum absolute atomic E-state index is 14.2. The van der Waals surface area contributed by atoms with Crippen LogP contribution in [-0.4, -0.2) is 51.3 Å². The van der Waals surface area contributed by atoms with Gasteiger partial charge in [0.15, 0.2) is 0 Å². The zero-order valence-corrected chi connectivity index (χ0v) is 21.6. The van der Waals surface area contributed by atoms with Crippen LogP contribution in [0.25, 0.3) is 0 Å². The number of aromatic nitrogens is 2. The third-order valence-electron chi connectivity index (χ3n) is 6.64. The Morgan fingerprint density at radius 3 is 2.54 bits per heavy atom. The van der Waals surface area contributed by atoms with Gasteiger partial charge in [0, 0.05) is 42.5 Å². The fourth-order valence-electron chi connectivity index (χ4n) is 4.69. The molecule has 0 amide bonds. The van der Waals surface area contributed by atoms with Gasteiger partial charge in [-0.3, -0.25) is 4.90 Å². The van der Waals surface area contributed by atoms with Crippen molar-refractivity contribution in [2.75, 3.05) is 6.61 Å². The maximum atomic E-state index is 14.2. The van der Waals surface area contributed by atoms with Crippen molar-refractivity contribution in [1.82, 2.24) is 18.2 Å². The Balaban J connectivity index is 1.25. The number of rotatable bonds is 6. The highest BCUT2D eigenvalue weighted by Crippen LogP contribution is 2.34. The van der Waals surface area contributed by atoms with Crippen LogP contribution in [0.5, 0.6) is 0 Å². The summed E-state index contributed by atoms with van der Waals surface area (Å²) in [5.74, 6) is 2.46. The molecule has 0 radical (unpaired) electrons. The lowest BCUT2D eigenvalue weighted by molar-refractivity contribution is -0.0533. The van der Waals surface area contributed by atoms with E-state index in [4.69, 9.17) is 10.5 Å². The first-order valence-corrected chi connectivity index (χ1v) is 14.7. The van der Waals surface area contributed by atoms with Gasteiger partial charge in [-0.2, -0.15) is 9.19 Å². The molecule has 0 spiro atoms. The van der Waals surface area contributed by atoms with Crippen LogP contribution in [-0.2, 0) is 37.7 Å². The average Bonchev–Trinajstić information content (AvgIpc) is 3.41. The van der Waals surface area contributed by atoms with Crippen molar-refractivity contribution in [3.8, 4) is 0 Å². The minimum absolute atomic E-state index is 0.0228. The fraction of sp³-hybridized carbons (Fsp3) is 0.333. The van der Waals surface area contributed by atoms with E-state index in [-0.39, 0.29) is 23.1 Å². The first-order valence-electron chi connectivity index (χ1n) is 11.5. The highest BCUT2D eigenvalue weighted by Gasteiger charge is 2.37. The molecule has 13 heteroatoms. The number of ether oxygens (including phenoxy) is 1. The Labute approximate surface area is 214 Å². The fourth-order valence-corrected chi connectivity index (χ4v) is 7.77. The molecule has 1 saturated heterocycles. The molecule has 0 aliphatic carbocycles. The molecule has 2 aliphatic rings. The third-order valence-corrected chi connectivity index (χ3v) is 10.2. The number of halogens is 2. The summed E-state index contributed by atoms with van der Waals surface area (Å²) in [6.45, 7) is 2.96. The van der Waals surface area contributed by atoms with Crippen molar-refractivity contribution in [1.29, 1.82) is 0 Å². The second-order valence-corrected chi connectivity index (χ2v) is 13.2. The Morgan fingerprint density at radius 1 is 1.14 bits per heavy atom. The number of nitrogens with two attached hydrogens (primary N) is 1. The van der Waals surface area contributed by atoms with Crippen LogP contribution in [0.2, 0.25) is 0 Å². The van der Waals surface area contributed by atoms with Crippen molar-refractivity contribution in [3.63, 3.8) is 0 Å². The Hall–Kier alpha value is -2.68. The monoisotopic (exact) mass is 551 g/mol. The van der Waals surface area contributed by atoms with E-state index in [2.05, 4.69) is 20.0 Å². The first kappa shape index (κ1) is 25.9. The number of benzene rings is 2. The third kappa shape index (κ3) is 5.19. The lowest BCUT2D eigenvalue weighted by atomic mass is 9.93. The molecule has 2 aliphatic heterocycles. The zero-order valence-electron chi connectivity index (χ0n) is 20.0. The second kappa shape index (κ2) is 9.57. The summed E-state index contributed by atoms with van der Waals surface area (Å²) in [4.78, 5) is 2.06. The molecule has 0 bridgehead atoms. The van der Waals surface area contributed by atoms with Gasteiger partial charge in [-0.15, -0.1) is 4.13 Å². The molecule has 4 atom stereocenters. The minimum Gasteiger partial charge on any atom is -0.370 e. The van der Waals surface area contributed by atoms with E-state index in [9.17, 15) is 21.4 Å². The molecular formula is C24H27F2N5O4S2. The van der Waals surface area contributed by atoms with Gasteiger partial charge in [0.1, 0.15) is 27.6 Å². The molecule has 3 aromatic rings. The summed E-state index contributed by atoms with van der Waals surface area (Å²) >= 11 is 0. The van der Waals surface area contributed by atoms with Crippen LogP contribution in [0.1, 0.15) is 34.9 Å². The molecule has 9 nitrogen and oxygen atoms in total. The summed E-state index contributed by atoms with van der Waals surface area (Å²) in [6, 6.07) is 8.74. The van der Waals surface area contributed by atoms with E-state index in [0.29, 0.717) is 25.2 Å². The number of nitrogens with one attached hydrogen (secondary N) is 1. The average molecular weight is 552 g/mol. The second-order valence-electron chi connectivity index (χ2n) is 9.42. The topological polar surface area (TPSA) is 120 Å². The lowest BCUT2D eigenvalue weighted by Crippen LogP contribution is -2.47. The van der Waals surface area contributed by atoms with Gasteiger partial charge in [-0.05, 0) is 49.5 Å². The molecule has 2 aromatic carbocycles. The van der Waals surface area contributed by atoms with E-state index in [1.54, 1.807) is 12.1 Å². The van der Waals surface area contributed by atoms with E-state index >= 15 is 0 Å². The first-order chi connectivity index (χ1) is 17.4. The van der Waals surface area contributed by atoms with Gasteiger partial charge in [-0.25, -0.2) is 21.4 Å². The summed E-state index contributed by atoms with van der Waals surface area (Å²) < 4.78 is 75.6. The number of hydrogen-bond acceptors (Lipinski definition) is 7. The minimum atomic E-state index is -4.08. The SMILES string of the molecule is C=S(=O)(NS(=O)(=O)c1ccc(C)cc1)n1cc2c(n1)CN([C@H]1CO[C@H](c3cc(F)ccc3F)[C@@H](N)C1)C2. The van der Waals surface area contributed by atoms with Crippen LogP contribution < -0.4 is 9.86 Å².